The highest BCUT2D eigenvalue weighted by atomic mass is 32.2. The molecule has 0 aliphatic carbocycles. The summed E-state index contributed by atoms with van der Waals surface area (Å²) in [6.45, 7) is 2.71. The number of amides is 1. The standard InChI is InChI=1S/C28H30F2N2OS/c1-32(16-8-18-34-26-14-13-24(29)19-25(26)30)17-15-23(20-32)28(27(31)33,21-9-4-2-5-10-21)22-11-6-3-7-12-22/h2-7,9-14,19,23H,8,15-18,20H2,1H3,(H-,31,33)/p+1/t23-,32?/m1/s1. The molecule has 6 heteroatoms. The number of quaternary nitrogens is 1. The first kappa shape index (κ1) is 24.4. The molecule has 3 nitrogen and oxygen atoms in total. The number of thioether (sulfide) groups is 1. The molecule has 3 aromatic carbocycles. The largest absolute Gasteiger partial charge is 0.369 e. The van der Waals surface area contributed by atoms with Crippen molar-refractivity contribution in [3.05, 3.63) is 102 Å². The van der Waals surface area contributed by atoms with Crippen molar-refractivity contribution in [2.24, 2.45) is 11.7 Å². The van der Waals surface area contributed by atoms with Gasteiger partial charge < -0.3 is 10.2 Å². The van der Waals surface area contributed by atoms with E-state index in [-0.39, 0.29) is 11.8 Å². The molecule has 1 heterocycles. The Bertz CT molecular complexity index is 1090. The Balaban J connectivity index is 1.51. The number of primary amides is 1. The van der Waals surface area contributed by atoms with E-state index in [1.165, 1.54) is 23.9 Å². The van der Waals surface area contributed by atoms with Gasteiger partial charge >= 0.3 is 0 Å². The van der Waals surface area contributed by atoms with Crippen LogP contribution < -0.4 is 5.73 Å². The van der Waals surface area contributed by atoms with Crippen LogP contribution in [0.2, 0.25) is 0 Å². The van der Waals surface area contributed by atoms with Crippen molar-refractivity contribution in [2.45, 2.75) is 23.2 Å². The number of carbonyl (C=O) groups is 1. The summed E-state index contributed by atoms with van der Waals surface area (Å²) < 4.78 is 27.9. The zero-order valence-corrected chi connectivity index (χ0v) is 20.2. The van der Waals surface area contributed by atoms with Crippen molar-refractivity contribution in [2.75, 3.05) is 32.4 Å². The van der Waals surface area contributed by atoms with Crippen LogP contribution in [0.3, 0.4) is 0 Å². The minimum Gasteiger partial charge on any atom is -0.369 e. The predicted molar refractivity (Wildman–Crippen MR) is 133 cm³/mol. The van der Waals surface area contributed by atoms with Crippen LogP contribution in [0, 0.1) is 17.6 Å². The monoisotopic (exact) mass is 481 g/mol. The fraction of sp³-hybridized carbons (Fsp3) is 0.321. The molecule has 1 amide bonds. The lowest BCUT2D eigenvalue weighted by Gasteiger charge is -2.38. The number of nitrogens with two attached hydrogens (primary N) is 1. The van der Waals surface area contributed by atoms with Gasteiger partial charge in [-0.2, -0.15) is 0 Å². The Labute approximate surface area is 204 Å². The Kier molecular flexibility index (Phi) is 7.39. The van der Waals surface area contributed by atoms with Gasteiger partial charge in [-0.3, -0.25) is 4.79 Å². The minimum absolute atomic E-state index is 0.0713. The van der Waals surface area contributed by atoms with Crippen LogP contribution in [0.4, 0.5) is 8.78 Å². The number of hydrogen-bond acceptors (Lipinski definition) is 2. The SMILES string of the molecule is C[N+]1(CCCSc2ccc(F)cc2F)CC[C@@H](C(C(N)=O)(c2ccccc2)c2ccccc2)C1. The van der Waals surface area contributed by atoms with Gasteiger partial charge in [-0.25, -0.2) is 8.78 Å². The van der Waals surface area contributed by atoms with E-state index in [1.807, 2.05) is 60.7 Å². The number of rotatable bonds is 9. The Morgan fingerprint density at radius 1 is 1.03 bits per heavy atom. The second-order valence-electron chi connectivity index (χ2n) is 9.42. The van der Waals surface area contributed by atoms with E-state index >= 15 is 0 Å². The van der Waals surface area contributed by atoms with Crippen LogP contribution in [-0.4, -0.2) is 42.8 Å². The van der Waals surface area contributed by atoms with Gasteiger partial charge in [0.05, 0.1) is 26.7 Å². The molecule has 1 aliphatic rings. The number of benzene rings is 3. The van der Waals surface area contributed by atoms with Crippen LogP contribution in [0.25, 0.3) is 0 Å². The predicted octanol–water partition coefficient (Wildman–Crippen LogP) is 5.39. The molecule has 0 aromatic heterocycles. The molecule has 178 valence electrons. The molecular formula is C28H31F2N2OS+. The van der Waals surface area contributed by atoms with Crippen LogP contribution >= 0.6 is 11.8 Å². The summed E-state index contributed by atoms with van der Waals surface area (Å²) in [4.78, 5) is 13.7. The minimum atomic E-state index is -0.884. The zero-order chi connectivity index (χ0) is 24.2. The lowest BCUT2D eigenvalue weighted by Crippen LogP contribution is -2.51. The van der Waals surface area contributed by atoms with E-state index in [9.17, 15) is 13.6 Å². The molecule has 1 unspecified atom stereocenters. The third kappa shape index (κ3) is 4.89. The zero-order valence-electron chi connectivity index (χ0n) is 19.4. The summed E-state index contributed by atoms with van der Waals surface area (Å²) in [7, 11) is 2.23. The summed E-state index contributed by atoms with van der Waals surface area (Å²) in [5, 5.41) is 0. The highest BCUT2D eigenvalue weighted by Crippen LogP contribution is 2.45. The lowest BCUT2D eigenvalue weighted by molar-refractivity contribution is -0.899. The van der Waals surface area contributed by atoms with Gasteiger partial charge in [0.2, 0.25) is 5.91 Å². The highest BCUT2D eigenvalue weighted by Gasteiger charge is 2.53. The summed E-state index contributed by atoms with van der Waals surface area (Å²) in [5.74, 6) is -0.562. The number of nitrogens with zero attached hydrogens (tertiary/aromatic N) is 1. The summed E-state index contributed by atoms with van der Waals surface area (Å²) >= 11 is 1.42. The van der Waals surface area contributed by atoms with E-state index in [2.05, 4.69) is 7.05 Å². The van der Waals surface area contributed by atoms with E-state index in [0.29, 0.717) is 4.90 Å². The Morgan fingerprint density at radius 2 is 1.65 bits per heavy atom. The fourth-order valence-corrected chi connectivity index (χ4v) is 6.34. The molecule has 1 aliphatic heterocycles. The number of carbonyl (C=O) groups excluding carboxylic acids is 1. The van der Waals surface area contributed by atoms with Crippen molar-refractivity contribution in [1.29, 1.82) is 0 Å². The van der Waals surface area contributed by atoms with Crippen LogP contribution in [0.5, 0.6) is 0 Å². The molecule has 4 rings (SSSR count). The molecule has 3 aromatic rings. The van der Waals surface area contributed by atoms with Crippen LogP contribution in [-0.2, 0) is 10.2 Å². The van der Waals surface area contributed by atoms with Gasteiger partial charge in [-0.1, -0.05) is 60.7 Å². The lowest BCUT2D eigenvalue weighted by atomic mass is 9.64. The van der Waals surface area contributed by atoms with Gasteiger partial charge in [-0.05, 0) is 23.3 Å². The van der Waals surface area contributed by atoms with Crippen molar-refractivity contribution in [3.63, 3.8) is 0 Å². The number of likely N-dealkylation sites (tertiary alicyclic amines) is 1. The Hall–Kier alpha value is -2.70. The van der Waals surface area contributed by atoms with Gasteiger partial charge in [0, 0.05) is 35.5 Å². The maximum Gasteiger partial charge on any atom is 0.233 e. The van der Waals surface area contributed by atoms with Crippen LogP contribution in [0.1, 0.15) is 24.0 Å². The number of halogens is 2. The summed E-state index contributed by atoms with van der Waals surface area (Å²) in [6, 6.07) is 23.5. The molecular weight excluding hydrogens is 450 g/mol. The topological polar surface area (TPSA) is 43.1 Å². The highest BCUT2D eigenvalue weighted by molar-refractivity contribution is 7.99. The smallest absolute Gasteiger partial charge is 0.233 e. The van der Waals surface area contributed by atoms with E-state index < -0.39 is 17.0 Å². The molecule has 2 N–H and O–H groups in total. The van der Waals surface area contributed by atoms with Crippen LogP contribution in [0.15, 0.2) is 83.8 Å². The average Bonchev–Trinajstić information content (AvgIpc) is 3.22. The van der Waals surface area contributed by atoms with Gasteiger partial charge in [0.15, 0.2) is 0 Å². The van der Waals surface area contributed by atoms with Crippen molar-refractivity contribution >= 4 is 17.7 Å². The third-order valence-corrected chi connectivity index (χ3v) is 8.27. The molecule has 0 radical (unpaired) electrons. The maximum atomic E-state index is 13.9. The second kappa shape index (κ2) is 10.3. The first-order valence-corrected chi connectivity index (χ1v) is 12.7. The summed E-state index contributed by atoms with van der Waals surface area (Å²) in [5.41, 5.74) is 7.20. The van der Waals surface area contributed by atoms with E-state index in [1.54, 1.807) is 0 Å². The van der Waals surface area contributed by atoms with Crippen molar-refractivity contribution in [3.8, 4) is 0 Å². The summed E-state index contributed by atoms with van der Waals surface area (Å²) in [6.07, 6.45) is 1.79. The fourth-order valence-electron chi connectivity index (χ4n) is 5.49. The second-order valence-corrected chi connectivity index (χ2v) is 10.6. The van der Waals surface area contributed by atoms with Crippen molar-refractivity contribution < 1.29 is 18.1 Å². The van der Waals surface area contributed by atoms with Gasteiger partial charge in [0.1, 0.15) is 17.0 Å². The van der Waals surface area contributed by atoms with Gasteiger partial charge in [-0.15, -0.1) is 11.8 Å². The Morgan fingerprint density at radius 3 is 2.21 bits per heavy atom. The van der Waals surface area contributed by atoms with E-state index in [4.69, 9.17) is 5.73 Å². The third-order valence-electron chi connectivity index (χ3n) is 7.13. The first-order chi connectivity index (χ1) is 16.3. The molecule has 1 fully saturated rings. The van der Waals surface area contributed by atoms with Gasteiger partial charge in [0.25, 0.3) is 0 Å². The van der Waals surface area contributed by atoms with E-state index in [0.717, 1.165) is 59.9 Å². The molecule has 34 heavy (non-hydrogen) atoms. The molecule has 0 bridgehead atoms. The number of hydrogen-bond donors (Lipinski definition) is 1. The quantitative estimate of drug-likeness (QED) is 0.253. The molecule has 0 spiro atoms. The van der Waals surface area contributed by atoms with Crippen molar-refractivity contribution in [1.82, 2.24) is 0 Å². The maximum absolute atomic E-state index is 13.9. The molecule has 2 atom stereocenters. The molecule has 1 saturated heterocycles. The molecule has 0 saturated carbocycles. The first-order valence-electron chi connectivity index (χ1n) is 11.7. The average molecular weight is 482 g/mol. The normalized spacial score (nSPS) is 20.4.